The number of aromatic amines is 1. The molecule has 0 radical (unpaired) electrons. The molecule has 7 nitrogen and oxygen atoms in total. The quantitative estimate of drug-likeness (QED) is 0.633. The van der Waals surface area contributed by atoms with Crippen molar-refractivity contribution in [2.45, 2.75) is 46.1 Å². The summed E-state index contributed by atoms with van der Waals surface area (Å²) in [6.45, 7) is 6.15. The van der Waals surface area contributed by atoms with E-state index in [2.05, 4.69) is 17.2 Å². The van der Waals surface area contributed by atoms with Crippen molar-refractivity contribution in [2.24, 2.45) is 0 Å². The molecule has 26 heavy (non-hydrogen) atoms. The predicted octanol–water partition coefficient (Wildman–Crippen LogP) is 2.04. The Labute approximate surface area is 152 Å². The molecule has 2 aromatic rings. The zero-order chi connectivity index (χ0) is 18.9. The average Bonchev–Trinajstić information content (AvgIpc) is 2.63. The van der Waals surface area contributed by atoms with Gasteiger partial charge in [-0.3, -0.25) is 14.2 Å². The third-order valence-corrected chi connectivity index (χ3v) is 4.18. The van der Waals surface area contributed by atoms with Crippen molar-refractivity contribution in [2.75, 3.05) is 19.8 Å². The van der Waals surface area contributed by atoms with Crippen LogP contribution in [-0.4, -0.2) is 35.2 Å². The Morgan fingerprint density at radius 2 is 2.00 bits per heavy atom. The van der Waals surface area contributed by atoms with E-state index in [1.807, 2.05) is 6.92 Å². The molecule has 0 aliphatic rings. The van der Waals surface area contributed by atoms with Crippen molar-refractivity contribution in [3.05, 3.63) is 44.6 Å². The highest BCUT2D eigenvalue weighted by molar-refractivity contribution is 5.97. The van der Waals surface area contributed by atoms with Crippen molar-refractivity contribution < 1.29 is 9.53 Å². The number of fused-ring (bicyclic) bond motifs is 1. The molecule has 1 amide bonds. The number of unbranched alkanes of at least 4 members (excludes halogenated alkanes) is 2. The van der Waals surface area contributed by atoms with Crippen LogP contribution < -0.4 is 16.6 Å². The second-order valence-corrected chi connectivity index (χ2v) is 6.16. The van der Waals surface area contributed by atoms with Crippen LogP contribution in [0.2, 0.25) is 0 Å². The number of ether oxygens (including phenoxy) is 1. The van der Waals surface area contributed by atoms with Gasteiger partial charge in [0.1, 0.15) is 0 Å². The van der Waals surface area contributed by atoms with Crippen LogP contribution in [0, 0.1) is 0 Å². The van der Waals surface area contributed by atoms with Crippen molar-refractivity contribution >= 4 is 16.8 Å². The molecule has 1 aromatic heterocycles. The number of H-pyrrole nitrogens is 1. The lowest BCUT2D eigenvalue weighted by atomic mass is 10.1. The lowest BCUT2D eigenvalue weighted by Gasteiger charge is -2.08. The van der Waals surface area contributed by atoms with Crippen LogP contribution in [0.4, 0.5) is 0 Å². The number of hydrogen-bond acceptors (Lipinski definition) is 4. The van der Waals surface area contributed by atoms with Gasteiger partial charge in [-0.15, -0.1) is 0 Å². The van der Waals surface area contributed by atoms with Gasteiger partial charge in [-0.25, -0.2) is 4.79 Å². The number of nitrogens with zero attached hydrogens (tertiary/aromatic N) is 1. The number of benzene rings is 1. The molecule has 2 N–H and O–H groups in total. The van der Waals surface area contributed by atoms with E-state index in [1.54, 1.807) is 18.2 Å². The zero-order valence-electron chi connectivity index (χ0n) is 15.5. The highest BCUT2D eigenvalue weighted by atomic mass is 16.5. The molecular formula is C19H27N3O4. The summed E-state index contributed by atoms with van der Waals surface area (Å²) in [5.74, 6) is -0.239. The largest absolute Gasteiger partial charge is 0.382 e. The second kappa shape index (κ2) is 9.91. The van der Waals surface area contributed by atoms with E-state index >= 15 is 0 Å². The first-order chi connectivity index (χ1) is 12.6. The minimum atomic E-state index is -0.437. The lowest BCUT2D eigenvalue weighted by Crippen LogP contribution is -2.35. The molecule has 0 atom stereocenters. The second-order valence-electron chi connectivity index (χ2n) is 6.16. The van der Waals surface area contributed by atoms with Crippen LogP contribution in [0.15, 0.2) is 27.8 Å². The van der Waals surface area contributed by atoms with Gasteiger partial charge in [0, 0.05) is 31.9 Å². The molecule has 1 aromatic carbocycles. The van der Waals surface area contributed by atoms with Gasteiger partial charge in [0.25, 0.3) is 11.5 Å². The fraction of sp³-hybridized carbons (Fsp3) is 0.526. The van der Waals surface area contributed by atoms with Gasteiger partial charge in [0.05, 0.1) is 10.9 Å². The van der Waals surface area contributed by atoms with E-state index in [9.17, 15) is 14.4 Å². The Balaban J connectivity index is 2.15. The molecule has 0 aliphatic carbocycles. The SMILES string of the molecule is CCCCCn1c(=O)[nH]c2cc(C(=O)NCCCOCC)ccc2c1=O. The minimum Gasteiger partial charge on any atom is -0.382 e. The summed E-state index contributed by atoms with van der Waals surface area (Å²) in [5, 5.41) is 3.21. The first-order valence-corrected chi connectivity index (χ1v) is 9.21. The van der Waals surface area contributed by atoms with Gasteiger partial charge in [0.15, 0.2) is 0 Å². The van der Waals surface area contributed by atoms with Gasteiger partial charge >= 0.3 is 5.69 Å². The zero-order valence-corrected chi connectivity index (χ0v) is 15.5. The van der Waals surface area contributed by atoms with E-state index < -0.39 is 5.69 Å². The van der Waals surface area contributed by atoms with Gasteiger partial charge < -0.3 is 15.0 Å². The molecule has 0 saturated carbocycles. The fourth-order valence-electron chi connectivity index (χ4n) is 2.74. The molecule has 0 saturated heterocycles. The van der Waals surface area contributed by atoms with Crippen LogP contribution in [0.1, 0.15) is 49.9 Å². The number of carbonyl (C=O) groups is 1. The fourth-order valence-corrected chi connectivity index (χ4v) is 2.74. The maximum Gasteiger partial charge on any atom is 0.328 e. The summed E-state index contributed by atoms with van der Waals surface area (Å²) in [6, 6.07) is 4.75. The standard InChI is InChI=1S/C19H27N3O4/c1-3-5-6-11-22-18(24)15-9-8-14(13-16(15)21-19(22)25)17(23)20-10-7-12-26-4-2/h8-9,13H,3-7,10-12H2,1-2H3,(H,20,23)(H,21,25). The molecule has 1 heterocycles. The van der Waals surface area contributed by atoms with Crippen LogP contribution >= 0.6 is 0 Å². The number of hydrogen-bond donors (Lipinski definition) is 2. The molecule has 7 heteroatoms. The number of nitrogens with one attached hydrogen (secondary N) is 2. The maximum atomic E-state index is 12.5. The Bertz CT molecular complexity index is 854. The summed E-state index contributed by atoms with van der Waals surface area (Å²) < 4.78 is 6.45. The van der Waals surface area contributed by atoms with Gasteiger partial charge in [-0.05, 0) is 38.0 Å². The number of aromatic nitrogens is 2. The van der Waals surface area contributed by atoms with E-state index in [4.69, 9.17) is 4.74 Å². The normalized spacial score (nSPS) is 11.0. The van der Waals surface area contributed by atoms with Crippen molar-refractivity contribution in [3.8, 4) is 0 Å². The number of carbonyl (C=O) groups excluding carboxylic acids is 1. The van der Waals surface area contributed by atoms with Crippen LogP contribution in [0.25, 0.3) is 10.9 Å². The molecule has 0 bridgehead atoms. The van der Waals surface area contributed by atoms with Crippen molar-refractivity contribution in [1.82, 2.24) is 14.9 Å². The Kier molecular flexibility index (Phi) is 7.59. The molecular weight excluding hydrogens is 334 g/mol. The Hall–Kier alpha value is -2.41. The highest BCUT2D eigenvalue weighted by Crippen LogP contribution is 2.09. The predicted molar refractivity (Wildman–Crippen MR) is 102 cm³/mol. The summed E-state index contributed by atoms with van der Waals surface area (Å²) in [5.41, 5.74) is 0.0396. The molecule has 0 fully saturated rings. The molecule has 0 aliphatic heterocycles. The summed E-state index contributed by atoms with van der Waals surface area (Å²) >= 11 is 0. The summed E-state index contributed by atoms with van der Waals surface area (Å²) in [4.78, 5) is 39.6. The number of amides is 1. The van der Waals surface area contributed by atoms with Gasteiger partial charge in [-0.2, -0.15) is 0 Å². The van der Waals surface area contributed by atoms with E-state index in [0.717, 1.165) is 25.7 Å². The summed E-state index contributed by atoms with van der Waals surface area (Å²) in [6.07, 6.45) is 3.50. The minimum absolute atomic E-state index is 0.239. The monoisotopic (exact) mass is 361 g/mol. The summed E-state index contributed by atoms with van der Waals surface area (Å²) in [7, 11) is 0. The van der Waals surface area contributed by atoms with Gasteiger partial charge in [-0.1, -0.05) is 19.8 Å². The van der Waals surface area contributed by atoms with Crippen LogP contribution in [0.3, 0.4) is 0 Å². The maximum absolute atomic E-state index is 12.5. The Morgan fingerprint density at radius 3 is 2.73 bits per heavy atom. The third-order valence-electron chi connectivity index (χ3n) is 4.18. The lowest BCUT2D eigenvalue weighted by molar-refractivity contribution is 0.0944. The topological polar surface area (TPSA) is 93.2 Å². The Morgan fingerprint density at radius 1 is 1.19 bits per heavy atom. The van der Waals surface area contributed by atoms with Crippen molar-refractivity contribution in [3.63, 3.8) is 0 Å². The van der Waals surface area contributed by atoms with Crippen LogP contribution in [0.5, 0.6) is 0 Å². The third kappa shape index (κ3) is 5.05. The highest BCUT2D eigenvalue weighted by Gasteiger charge is 2.11. The van der Waals surface area contributed by atoms with E-state index in [-0.39, 0.29) is 11.5 Å². The molecule has 0 spiro atoms. The van der Waals surface area contributed by atoms with Crippen molar-refractivity contribution in [1.29, 1.82) is 0 Å². The van der Waals surface area contributed by atoms with Crippen LogP contribution in [-0.2, 0) is 11.3 Å². The van der Waals surface area contributed by atoms with E-state index in [0.29, 0.717) is 42.8 Å². The average molecular weight is 361 g/mol. The first-order valence-electron chi connectivity index (χ1n) is 9.21. The molecule has 2 rings (SSSR count). The van der Waals surface area contributed by atoms with Gasteiger partial charge in [0.2, 0.25) is 0 Å². The molecule has 142 valence electrons. The smallest absolute Gasteiger partial charge is 0.328 e. The van der Waals surface area contributed by atoms with E-state index in [1.165, 1.54) is 4.57 Å². The first kappa shape index (κ1) is 19.9. The molecule has 0 unspecified atom stereocenters. The number of rotatable bonds is 10.